The normalized spacial score (nSPS) is 24.4. The number of amides is 2. The van der Waals surface area contributed by atoms with Crippen LogP contribution in [0, 0.1) is 18.8 Å². The molecule has 3 aromatic rings. The molecule has 0 spiro atoms. The van der Waals surface area contributed by atoms with E-state index in [1.54, 1.807) is 13.0 Å². The molecule has 0 saturated carbocycles. The van der Waals surface area contributed by atoms with Gasteiger partial charge in [-0.25, -0.2) is 0 Å². The number of thioether (sulfide) groups is 1. The van der Waals surface area contributed by atoms with E-state index >= 15 is 0 Å². The Balaban J connectivity index is 1.54. The predicted octanol–water partition coefficient (Wildman–Crippen LogP) is 3.69. The van der Waals surface area contributed by atoms with E-state index in [4.69, 9.17) is 16.0 Å². The lowest BCUT2D eigenvalue weighted by atomic mass is 9.78. The van der Waals surface area contributed by atoms with Crippen molar-refractivity contribution in [3.8, 4) is 0 Å². The number of anilines is 1. The number of benzene rings is 2. The van der Waals surface area contributed by atoms with Gasteiger partial charge in [0, 0.05) is 23.8 Å². The Bertz CT molecular complexity index is 1510. The predicted molar refractivity (Wildman–Crippen MR) is 150 cm³/mol. The first-order chi connectivity index (χ1) is 18.7. The Morgan fingerprint density at radius 3 is 2.64 bits per heavy atom. The zero-order chi connectivity index (χ0) is 27.9. The first kappa shape index (κ1) is 27.2. The van der Waals surface area contributed by atoms with Crippen molar-refractivity contribution >= 4 is 57.8 Å². The Morgan fingerprint density at radius 1 is 1.21 bits per heavy atom. The van der Waals surface area contributed by atoms with E-state index < -0.39 is 46.6 Å². The number of aryl methyl sites for hydroxylation is 1. The number of para-hydroxylation sites is 1. The van der Waals surface area contributed by atoms with E-state index in [0.29, 0.717) is 22.9 Å². The number of carboxylic acid groups (broad SMARTS) is 1. The number of carbonyl (C=O) groups is 3. The number of nitrogens with one attached hydrogen (secondary N) is 2. The highest BCUT2D eigenvalue weighted by Crippen LogP contribution is 2.50. The maximum absolute atomic E-state index is 13.8. The molecule has 204 valence electrons. The highest BCUT2D eigenvalue weighted by Gasteiger charge is 2.68. The molecular formula is C28H28ClN3O6S. The Labute approximate surface area is 233 Å². The molecule has 39 heavy (non-hydrogen) atoms. The van der Waals surface area contributed by atoms with Gasteiger partial charge in [-0.1, -0.05) is 29.8 Å². The number of likely N-dealkylation sites (tertiary alicyclic amines) is 1. The van der Waals surface area contributed by atoms with Crippen LogP contribution in [0.1, 0.15) is 23.6 Å². The molecule has 1 aromatic heterocycles. The third kappa shape index (κ3) is 4.60. The van der Waals surface area contributed by atoms with Gasteiger partial charge in [0.15, 0.2) is 5.43 Å². The summed E-state index contributed by atoms with van der Waals surface area (Å²) in [7, 11) is 0. The maximum atomic E-state index is 13.8. The Kier molecular flexibility index (Phi) is 7.45. The van der Waals surface area contributed by atoms with Crippen molar-refractivity contribution in [2.75, 3.05) is 30.4 Å². The van der Waals surface area contributed by atoms with Crippen molar-refractivity contribution in [3.05, 3.63) is 75.1 Å². The van der Waals surface area contributed by atoms with Gasteiger partial charge in [-0.15, -0.1) is 0 Å². The number of aliphatic carboxylic acids is 1. The molecule has 0 aliphatic carbocycles. The maximum Gasteiger partial charge on any atom is 0.324 e. The standard InChI is InChI=1S/C28H28ClN3O6S/c1-15-12-20-17(13-19(15)29)24(33)18(14-38-20)23-21-22(28(31-23,27(36)37)8-11-39-2)26(35)32(25(21)34)10-9-30-16-6-4-3-5-7-16/h3-7,12-14,21-23,30-31H,8-11H2,1-2H3,(H,36,37). The molecule has 2 aliphatic rings. The number of carbonyl (C=O) groups excluding carboxylic acids is 2. The van der Waals surface area contributed by atoms with Crippen molar-refractivity contribution in [3.63, 3.8) is 0 Å². The lowest BCUT2D eigenvalue weighted by Gasteiger charge is -2.31. The van der Waals surface area contributed by atoms with Crippen molar-refractivity contribution in [1.82, 2.24) is 10.2 Å². The summed E-state index contributed by atoms with van der Waals surface area (Å²) in [6, 6.07) is 11.5. The molecule has 2 amide bonds. The van der Waals surface area contributed by atoms with E-state index in [-0.39, 0.29) is 23.9 Å². The monoisotopic (exact) mass is 569 g/mol. The average Bonchev–Trinajstić information content (AvgIpc) is 3.39. The Hall–Kier alpha value is -3.34. The number of imide groups is 1. The fourth-order valence-corrected chi connectivity index (χ4v) is 6.38. The number of hydrogen-bond acceptors (Lipinski definition) is 8. The number of hydrogen-bond donors (Lipinski definition) is 3. The molecule has 2 fully saturated rings. The van der Waals surface area contributed by atoms with Crippen molar-refractivity contribution in [2.24, 2.45) is 11.8 Å². The van der Waals surface area contributed by atoms with Gasteiger partial charge >= 0.3 is 5.97 Å². The third-order valence-electron chi connectivity index (χ3n) is 7.68. The van der Waals surface area contributed by atoms with E-state index in [2.05, 4.69) is 10.6 Å². The Morgan fingerprint density at radius 2 is 1.95 bits per heavy atom. The minimum atomic E-state index is -1.72. The van der Waals surface area contributed by atoms with Crippen LogP contribution in [0.2, 0.25) is 5.02 Å². The summed E-state index contributed by atoms with van der Waals surface area (Å²) in [6.45, 7) is 2.14. The van der Waals surface area contributed by atoms with Crippen LogP contribution in [0.3, 0.4) is 0 Å². The zero-order valence-electron chi connectivity index (χ0n) is 21.4. The molecule has 5 rings (SSSR count). The molecule has 4 atom stereocenters. The van der Waals surface area contributed by atoms with Crippen LogP contribution < -0.4 is 16.1 Å². The molecule has 3 heterocycles. The molecule has 2 saturated heterocycles. The smallest absolute Gasteiger partial charge is 0.324 e. The number of halogens is 1. The summed E-state index contributed by atoms with van der Waals surface area (Å²) in [6.07, 6.45) is 3.20. The third-order valence-corrected chi connectivity index (χ3v) is 8.70. The van der Waals surface area contributed by atoms with E-state index in [1.165, 1.54) is 24.1 Å². The van der Waals surface area contributed by atoms with Gasteiger partial charge in [0.2, 0.25) is 11.8 Å². The van der Waals surface area contributed by atoms with Gasteiger partial charge in [-0.05, 0) is 55.2 Å². The zero-order valence-corrected chi connectivity index (χ0v) is 23.0. The van der Waals surface area contributed by atoms with Crippen molar-refractivity contribution in [2.45, 2.75) is 24.9 Å². The molecule has 2 aromatic carbocycles. The molecule has 9 nitrogen and oxygen atoms in total. The molecule has 3 N–H and O–H groups in total. The van der Waals surface area contributed by atoms with Crippen LogP contribution in [0.5, 0.6) is 0 Å². The van der Waals surface area contributed by atoms with Crippen molar-refractivity contribution in [1.29, 1.82) is 0 Å². The SMILES string of the molecule is CSCCC1(C(=O)O)NC(c2coc3cc(C)c(Cl)cc3c2=O)C2C(=O)N(CCNc3ccccc3)C(=O)C21. The summed E-state index contributed by atoms with van der Waals surface area (Å²) < 4.78 is 5.76. The number of rotatable bonds is 9. The van der Waals surface area contributed by atoms with Crippen LogP contribution in [0.4, 0.5) is 5.69 Å². The van der Waals surface area contributed by atoms with Gasteiger partial charge in [-0.2, -0.15) is 11.8 Å². The second kappa shape index (κ2) is 10.7. The van der Waals surface area contributed by atoms with E-state index in [1.807, 2.05) is 36.6 Å². The summed E-state index contributed by atoms with van der Waals surface area (Å²) >= 11 is 7.71. The fourth-order valence-electron chi connectivity index (χ4n) is 5.69. The van der Waals surface area contributed by atoms with E-state index in [9.17, 15) is 24.3 Å². The highest BCUT2D eigenvalue weighted by atomic mass is 35.5. The van der Waals surface area contributed by atoms with Crippen LogP contribution in [-0.4, -0.2) is 58.4 Å². The van der Waals surface area contributed by atoms with Gasteiger partial charge < -0.3 is 14.8 Å². The molecular weight excluding hydrogens is 542 g/mol. The lowest BCUT2D eigenvalue weighted by Crippen LogP contribution is -2.56. The molecule has 4 unspecified atom stereocenters. The van der Waals surface area contributed by atoms with E-state index in [0.717, 1.165) is 16.2 Å². The molecule has 2 aliphatic heterocycles. The average molecular weight is 570 g/mol. The summed E-state index contributed by atoms with van der Waals surface area (Å²) in [5, 5.41) is 17.3. The summed E-state index contributed by atoms with van der Waals surface area (Å²) in [4.78, 5) is 55.1. The minimum Gasteiger partial charge on any atom is -0.480 e. The van der Waals surface area contributed by atoms with Gasteiger partial charge in [0.1, 0.15) is 11.1 Å². The minimum absolute atomic E-state index is 0.0612. The van der Waals surface area contributed by atoms with Crippen LogP contribution >= 0.6 is 23.4 Å². The fraction of sp³-hybridized carbons (Fsp3) is 0.357. The van der Waals surface area contributed by atoms with Gasteiger partial charge in [0.05, 0.1) is 35.1 Å². The quantitative estimate of drug-likeness (QED) is 0.330. The number of carboxylic acids is 1. The van der Waals surface area contributed by atoms with Crippen molar-refractivity contribution < 1.29 is 23.9 Å². The van der Waals surface area contributed by atoms with Gasteiger partial charge in [-0.3, -0.25) is 29.4 Å². The van der Waals surface area contributed by atoms with Crippen LogP contribution in [0.25, 0.3) is 11.0 Å². The van der Waals surface area contributed by atoms with Gasteiger partial charge in [0.25, 0.3) is 0 Å². The molecule has 0 radical (unpaired) electrons. The topological polar surface area (TPSA) is 129 Å². The highest BCUT2D eigenvalue weighted by molar-refractivity contribution is 7.98. The molecule has 0 bridgehead atoms. The second-order valence-corrected chi connectivity index (χ2v) is 11.3. The summed E-state index contributed by atoms with van der Waals surface area (Å²) in [5.41, 5.74) is -0.162. The number of nitrogens with zero attached hydrogens (tertiary/aromatic N) is 1. The van der Waals surface area contributed by atoms with Crippen LogP contribution in [-0.2, 0) is 14.4 Å². The summed E-state index contributed by atoms with van der Waals surface area (Å²) in [5.74, 6) is -4.11. The second-order valence-electron chi connectivity index (χ2n) is 9.88. The first-order valence-corrected chi connectivity index (χ1v) is 14.3. The lowest BCUT2D eigenvalue weighted by molar-refractivity contribution is -0.151. The molecule has 11 heteroatoms. The largest absolute Gasteiger partial charge is 0.480 e. The first-order valence-electron chi connectivity index (χ1n) is 12.6. The number of fused-ring (bicyclic) bond motifs is 2. The van der Waals surface area contributed by atoms with Crippen LogP contribution in [0.15, 0.2) is 57.9 Å².